The molecule has 4 rings (SSSR count). The maximum atomic E-state index is 13.7. The number of benzene rings is 3. The van der Waals surface area contributed by atoms with Crippen molar-refractivity contribution in [3.63, 3.8) is 0 Å². The first kappa shape index (κ1) is 25.1. The fourth-order valence-corrected chi connectivity index (χ4v) is 4.85. The largest absolute Gasteiger partial charge is 0.497 e. The Hall–Kier alpha value is -3.02. The molecular weight excluding hydrogens is 483 g/mol. The maximum absolute atomic E-state index is 13.7. The molecule has 182 valence electrons. The summed E-state index contributed by atoms with van der Waals surface area (Å²) >= 11 is 12.4. The van der Waals surface area contributed by atoms with Crippen LogP contribution in [0.2, 0.25) is 10.0 Å². The van der Waals surface area contributed by atoms with E-state index >= 15 is 0 Å². The zero-order valence-electron chi connectivity index (χ0n) is 20.0. The van der Waals surface area contributed by atoms with Crippen LogP contribution in [-0.2, 0) is 15.1 Å². The first-order valence-corrected chi connectivity index (χ1v) is 12.3. The molecule has 0 saturated carbocycles. The summed E-state index contributed by atoms with van der Waals surface area (Å²) in [6.45, 7) is 2.85. The highest BCUT2D eigenvalue weighted by Gasteiger charge is 2.57. The van der Waals surface area contributed by atoms with Crippen LogP contribution in [0.4, 0.5) is 0 Å². The lowest BCUT2D eigenvalue weighted by Gasteiger charge is -2.37. The highest BCUT2D eigenvalue weighted by Crippen LogP contribution is 2.49. The summed E-state index contributed by atoms with van der Waals surface area (Å²) in [5.41, 5.74) is 1.17. The molecule has 1 aliphatic rings. The summed E-state index contributed by atoms with van der Waals surface area (Å²) in [5.74, 6) is 1.03. The standard InChI is InChI=1S/C28H28Cl2N2O3/c1-4-5-18-32-25(19-6-12-22(29)13-7-19)28(27(33)35-3,21-10-14-23(30)15-11-21)31-26(32)20-8-16-24(34-2)17-9-20/h6-17,25H,4-5,18H2,1-3H3/t25-,28+/m1/s1. The van der Waals surface area contributed by atoms with Crippen molar-refractivity contribution in [2.24, 2.45) is 4.99 Å². The van der Waals surface area contributed by atoms with E-state index in [0.717, 1.165) is 35.6 Å². The number of nitrogens with zero attached hydrogens (tertiary/aromatic N) is 2. The summed E-state index contributed by atoms with van der Waals surface area (Å²) in [4.78, 5) is 21.1. The average molecular weight is 511 g/mol. The average Bonchev–Trinajstić information content (AvgIpc) is 3.23. The minimum atomic E-state index is -1.34. The number of hydrogen-bond acceptors (Lipinski definition) is 5. The number of aliphatic imine (C=N–C) groups is 1. The van der Waals surface area contributed by atoms with Crippen LogP contribution >= 0.6 is 23.2 Å². The molecule has 0 aromatic heterocycles. The normalized spacial score (nSPS) is 19.4. The molecule has 7 heteroatoms. The van der Waals surface area contributed by atoms with Crippen LogP contribution in [0.5, 0.6) is 5.75 Å². The predicted octanol–water partition coefficient (Wildman–Crippen LogP) is 6.67. The monoisotopic (exact) mass is 510 g/mol. The van der Waals surface area contributed by atoms with Gasteiger partial charge in [0.15, 0.2) is 0 Å². The van der Waals surface area contributed by atoms with E-state index in [0.29, 0.717) is 22.2 Å². The molecule has 1 heterocycles. The number of hydrogen-bond donors (Lipinski definition) is 0. The molecule has 0 spiro atoms. The smallest absolute Gasteiger partial charge is 0.341 e. The molecule has 5 nitrogen and oxygen atoms in total. The van der Waals surface area contributed by atoms with Crippen LogP contribution in [0.3, 0.4) is 0 Å². The van der Waals surface area contributed by atoms with Gasteiger partial charge < -0.3 is 14.4 Å². The number of carbonyl (C=O) groups is 1. The molecule has 2 atom stereocenters. The number of methoxy groups -OCH3 is 2. The third kappa shape index (κ3) is 4.75. The van der Waals surface area contributed by atoms with Gasteiger partial charge in [0.1, 0.15) is 11.6 Å². The Kier molecular flexibility index (Phi) is 7.68. The van der Waals surface area contributed by atoms with Crippen LogP contribution in [-0.4, -0.2) is 37.5 Å². The van der Waals surface area contributed by atoms with Crippen LogP contribution < -0.4 is 4.74 Å². The number of carbonyl (C=O) groups excluding carboxylic acids is 1. The molecular formula is C28H28Cl2N2O3. The fourth-order valence-electron chi connectivity index (χ4n) is 4.60. The van der Waals surface area contributed by atoms with Crippen LogP contribution in [0.15, 0.2) is 77.8 Å². The molecule has 0 N–H and O–H groups in total. The maximum Gasteiger partial charge on any atom is 0.341 e. The second kappa shape index (κ2) is 10.7. The lowest BCUT2D eigenvalue weighted by molar-refractivity contribution is -0.149. The topological polar surface area (TPSA) is 51.1 Å². The van der Waals surface area contributed by atoms with Gasteiger partial charge in [-0.25, -0.2) is 9.79 Å². The Morgan fingerprint density at radius 1 is 0.943 bits per heavy atom. The van der Waals surface area contributed by atoms with Gasteiger partial charge in [0, 0.05) is 22.2 Å². The Morgan fingerprint density at radius 2 is 1.54 bits per heavy atom. The lowest BCUT2D eigenvalue weighted by atomic mass is 9.79. The number of esters is 1. The number of rotatable bonds is 8. The van der Waals surface area contributed by atoms with Gasteiger partial charge in [-0.2, -0.15) is 0 Å². The number of ether oxygens (including phenoxy) is 2. The van der Waals surface area contributed by atoms with E-state index in [1.807, 2.05) is 60.7 Å². The van der Waals surface area contributed by atoms with Crippen LogP contribution in [0.1, 0.15) is 42.5 Å². The van der Waals surface area contributed by atoms with Crippen LogP contribution in [0, 0.1) is 0 Å². The summed E-state index contributed by atoms with van der Waals surface area (Å²) < 4.78 is 10.8. The number of unbranched alkanes of at least 4 members (excludes halogenated alkanes) is 1. The van der Waals surface area contributed by atoms with E-state index < -0.39 is 17.6 Å². The molecule has 3 aromatic carbocycles. The van der Waals surface area contributed by atoms with Gasteiger partial charge in [-0.3, -0.25) is 0 Å². The Bertz CT molecular complexity index is 1190. The second-order valence-electron chi connectivity index (χ2n) is 8.43. The third-order valence-corrected chi connectivity index (χ3v) is 6.83. The van der Waals surface area contributed by atoms with Gasteiger partial charge >= 0.3 is 5.97 Å². The van der Waals surface area contributed by atoms with Gasteiger partial charge in [0.05, 0.1) is 20.3 Å². The molecule has 0 fully saturated rings. The second-order valence-corrected chi connectivity index (χ2v) is 9.30. The highest BCUT2D eigenvalue weighted by molar-refractivity contribution is 6.30. The van der Waals surface area contributed by atoms with E-state index in [2.05, 4.69) is 11.8 Å². The van der Waals surface area contributed by atoms with E-state index in [4.69, 9.17) is 37.7 Å². The minimum Gasteiger partial charge on any atom is -0.497 e. The zero-order valence-corrected chi connectivity index (χ0v) is 21.5. The summed E-state index contributed by atoms with van der Waals surface area (Å²) in [7, 11) is 3.03. The van der Waals surface area contributed by atoms with Crippen LogP contribution in [0.25, 0.3) is 0 Å². The first-order valence-electron chi connectivity index (χ1n) is 11.6. The van der Waals surface area contributed by atoms with Crippen molar-refractivity contribution in [2.75, 3.05) is 20.8 Å². The predicted molar refractivity (Wildman–Crippen MR) is 140 cm³/mol. The van der Waals surface area contributed by atoms with Crippen molar-refractivity contribution in [1.82, 2.24) is 4.90 Å². The van der Waals surface area contributed by atoms with E-state index in [1.54, 1.807) is 19.2 Å². The SMILES string of the molecule is CCCCN1C(c2ccc(OC)cc2)=N[C@@](C(=O)OC)(c2ccc(Cl)cc2)[C@H]1c1ccc(Cl)cc1. The van der Waals surface area contributed by atoms with Crippen molar-refractivity contribution in [2.45, 2.75) is 31.3 Å². The molecule has 1 aliphatic heterocycles. The molecule has 0 aliphatic carbocycles. The molecule has 35 heavy (non-hydrogen) atoms. The van der Waals surface area contributed by atoms with Gasteiger partial charge in [-0.15, -0.1) is 0 Å². The van der Waals surface area contributed by atoms with Gasteiger partial charge in [-0.05, 0) is 66.1 Å². The fraction of sp³-hybridized carbons (Fsp3) is 0.286. The van der Waals surface area contributed by atoms with Gasteiger partial charge in [0.25, 0.3) is 0 Å². The molecule has 0 saturated heterocycles. The lowest BCUT2D eigenvalue weighted by Crippen LogP contribution is -2.44. The number of halogens is 2. The van der Waals surface area contributed by atoms with Crippen molar-refractivity contribution < 1.29 is 14.3 Å². The third-order valence-electron chi connectivity index (χ3n) is 6.33. The van der Waals surface area contributed by atoms with Crippen molar-refractivity contribution in [1.29, 1.82) is 0 Å². The van der Waals surface area contributed by atoms with Gasteiger partial charge in [-0.1, -0.05) is 60.8 Å². The minimum absolute atomic E-state index is 0.440. The zero-order chi connectivity index (χ0) is 25.0. The summed E-state index contributed by atoms with van der Waals surface area (Å²) in [6.07, 6.45) is 1.92. The van der Waals surface area contributed by atoms with Gasteiger partial charge in [0.2, 0.25) is 5.54 Å². The van der Waals surface area contributed by atoms with Crippen molar-refractivity contribution in [3.05, 3.63) is 99.5 Å². The summed E-state index contributed by atoms with van der Waals surface area (Å²) in [6, 6.07) is 22.1. The molecule has 0 unspecified atom stereocenters. The van der Waals surface area contributed by atoms with E-state index in [1.165, 1.54) is 7.11 Å². The number of amidine groups is 1. The van der Waals surface area contributed by atoms with Crippen molar-refractivity contribution >= 4 is 35.0 Å². The molecule has 0 amide bonds. The Labute approximate surface area is 216 Å². The van der Waals surface area contributed by atoms with E-state index in [9.17, 15) is 4.79 Å². The molecule has 0 radical (unpaired) electrons. The van der Waals surface area contributed by atoms with E-state index in [-0.39, 0.29) is 0 Å². The molecule has 0 bridgehead atoms. The first-order chi connectivity index (χ1) is 16.9. The van der Waals surface area contributed by atoms with Crippen molar-refractivity contribution in [3.8, 4) is 5.75 Å². The summed E-state index contributed by atoms with van der Waals surface area (Å²) in [5, 5.41) is 1.20. The Morgan fingerprint density at radius 3 is 2.09 bits per heavy atom. The highest BCUT2D eigenvalue weighted by atomic mass is 35.5. The molecule has 3 aromatic rings. The Balaban J connectivity index is 2.00. The quantitative estimate of drug-likeness (QED) is 0.317.